The van der Waals surface area contributed by atoms with Gasteiger partial charge in [-0.1, -0.05) is 48.5 Å². The van der Waals surface area contributed by atoms with Crippen molar-refractivity contribution in [3.8, 4) is 57.1 Å². The van der Waals surface area contributed by atoms with E-state index in [1.165, 1.54) is 66.7 Å². The Morgan fingerprint density at radius 3 is 0.592 bits per heavy atom. The third-order valence-corrected chi connectivity index (χ3v) is 18.5. The average Bonchev–Trinajstić information content (AvgIpc) is 0.738. The van der Waals surface area contributed by atoms with Crippen molar-refractivity contribution in [2.45, 2.75) is 0 Å². The van der Waals surface area contributed by atoms with E-state index < -0.39 is 47.3 Å². The third kappa shape index (κ3) is 8.83. The van der Waals surface area contributed by atoms with Gasteiger partial charge in [-0.3, -0.25) is 38.4 Å². The van der Waals surface area contributed by atoms with Crippen molar-refractivity contribution in [1.29, 1.82) is 0 Å². The van der Waals surface area contributed by atoms with Crippen molar-refractivity contribution in [2.24, 2.45) is 0 Å². The van der Waals surface area contributed by atoms with Crippen LogP contribution >= 0.6 is 0 Å². The smallest absolute Gasteiger partial charge is 0.266 e. The van der Waals surface area contributed by atoms with Crippen molar-refractivity contribution >= 4 is 124 Å². The van der Waals surface area contributed by atoms with E-state index in [0.29, 0.717) is 167 Å². The minimum Gasteiger partial charge on any atom is -0.496 e. The molecule has 16 rings (SSSR count). The molecule has 0 N–H and O–H groups in total. The number of carbonyl (C=O) groups excluding carboxylic acids is 8. The van der Waals surface area contributed by atoms with Gasteiger partial charge in [0, 0.05) is 76.8 Å². The fraction of sp³-hybridized carbons (Fsp3) is 0.103. The number of methoxy groups -OCH3 is 8. The molecule has 20 nitrogen and oxygen atoms in total. The first-order chi connectivity index (χ1) is 47.6. The minimum absolute atomic E-state index is 0.309. The van der Waals surface area contributed by atoms with Crippen molar-refractivity contribution in [2.75, 3.05) is 76.5 Å². The zero-order valence-electron chi connectivity index (χ0n) is 53.6. The van der Waals surface area contributed by atoms with Gasteiger partial charge in [0.25, 0.3) is 47.3 Å². The molecule has 0 saturated heterocycles. The number of imide groups is 4. The van der Waals surface area contributed by atoms with E-state index in [1.807, 2.05) is 24.3 Å². The highest BCUT2D eigenvalue weighted by Gasteiger charge is 2.42. The molecule has 0 radical (unpaired) electrons. The zero-order chi connectivity index (χ0) is 68.3. The highest BCUT2D eigenvalue weighted by Crippen LogP contribution is 2.49. The molecular formula is C78H54N4O16. The number of fused-ring (bicyclic) bond motifs is 1. The number of anilines is 4. The van der Waals surface area contributed by atoms with Crippen LogP contribution in [0.4, 0.5) is 22.7 Å². The van der Waals surface area contributed by atoms with Crippen LogP contribution in [0.1, 0.15) is 82.9 Å². The first-order valence-corrected chi connectivity index (χ1v) is 30.6. The van der Waals surface area contributed by atoms with Gasteiger partial charge in [0.1, 0.15) is 46.0 Å². The molecule has 0 fully saturated rings. The summed E-state index contributed by atoms with van der Waals surface area (Å²) in [5.41, 5.74) is 5.77. The predicted molar refractivity (Wildman–Crippen MR) is 369 cm³/mol. The molecule has 482 valence electrons. The number of rotatable bonds is 13. The van der Waals surface area contributed by atoms with E-state index in [2.05, 4.69) is 0 Å². The molecule has 0 atom stereocenters. The monoisotopic (exact) mass is 1300 g/mol. The van der Waals surface area contributed by atoms with E-state index in [-0.39, 0.29) is 0 Å². The molecule has 98 heavy (non-hydrogen) atoms. The lowest BCUT2D eigenvalue weighted by molar-refractivity contribution is 0.0877. The van der Waals surface area contributed by atoms with Crippen molar-refractivity contribution in [3.05, 3.63) is 226 Å². The van der Waals surface area contributed by atoms with Crippen molar-refractivity contribution in [3.63, 3.8) is 0 Å². The summed E-state index contributed by atoms with van der Waals surface area (Å²) in [4.78, 5) is 116. The van der Waals surface area contributed by atoms with Gasteiger partial charge in [0.2, 0.25) is 0 Å². The maximum Gasteiger partial charge on any atom is 0.266 e. The van der Waals surface area contributed by atoms with Gasteiger partial charge in [-0.25, -0.2) is 19.6 Å². The van der Waals surface area contributed by atoms with Crippen LogP contribution in [-0.2, 0) is 0 Å². The number of nitrogens with zero attached hydrogens (tertiary/aromatic N) is 4. The Morgan fingerprint density at radius 2 is 0.398 bits per heavy atom. The Kier molecular flexibility index (Phi) is 14.6. The van der Waals surface area contributed by atoms with Gasteiger partial charge in [0.05, 0.1) is 101 Å². The first-order valence-electron chi connectivity index (χ1n) is 30.6. The maximum atomic E-state index is 14.2. The summed E-state index contributed by atoms with van der Waals surface area (Å²) in [6, 6.07) is 51.0. The quantitative estimate of drug-likeness (QED) is 0.0979. The molecule has 0 spiro atoms. The molecule has 0 unspecified atom stereocenters. The minimum atomic E-state index is -0.528. The number of benzene rings is 12. The number of hydrogen-bond acceptors (Lipinski definition) is 16. The molecular weight excluding hydrogens is 1250 g/mol. The van der Waals surface area contributed by atoms with Crippen LogP contribution in [0.15, 0.2) is 182 Å². The van der Waals surface area contributed by atoms with Gasteiger partial charge in [-0.2, -0.15) is 0 Å². The zero-order valence-corrected chi connectivity index (χ0v) is 53.6. The van der Waals surface area contributed by atoms with Gasteiger partial charge < -0.3 is 37.9 Å². The standard InChI is InChI=1S/C40H28N2O8.C38H26N2O8/c1-47-29-17-13-25-33-26(14-18-30(48-2)35(29)33)38(44)41(37(25)43)23-9-5-21(6-10-23)22-7-11-24(12-8-22)42-39(45)27-15-19-31(49-3)36-32(50-4)20-16-28(34(27)36)40(42)46;1-45-27-15-9-21-31-22(10-16-28(46-2)33(27)31)36(42)39(35(21)41)25-13-14-26(20-8-6-5-7-19(20)25)40-37(43)23-11-17-29(47-3)34-30(48-4)18-12-24(32(23)34)38(40)44/h5-20H,1-4H3;5-18H,1-4H3. The number of carbonyl (C=O) groups is 8. The summed E-state index contributed by atoms with van der Waals surface area (Å²) in [5.74, 6) is -0.0141. The fourth-order valence-electron chi connectivity index (χ4n) is 14.0. The van der Waals surface area contributed by atoms with Crippen molar-refractivity contribution in [1.82, 2.24) is 0 Å². The summed E-state index contributed by atoms with van der Waals surface area (Å²) in [6.45, 7) is 0. The lowest BCUT2D eigenvalue weighted by atomic mass is 9.91. The van der Waals surface area contributed by atoms with Gasteiger partial charge in [-0.05, 0) is 145 Å². The first kappa shape index (κ1) is 61.1. The summed E-state index contributed by atoms with van der Waals surface area (Å²) < 4.78 is 44.3. The van der Waals surface area contributed by atoms with Crippen LogP contribution in [0.5, 0.6) is 46.0 Å². The Labute approximate surface area is 557 Å². The Bertz CT molecular complexity index is 5010. The van der Waals surface area contributed by atoms with Gasteiger partial charge in [-0.15, -0.1) is 0 Å². The van der Waals surface area contributed by atoms with Crippen LogP contribution in [0.2, 0.25) is 0 Å². The topological polar surface area (TPSA) is 223 Å². The summed E-state index contributed by atoms with van der Waals surface area (Å²) in [5, 5.41) is 5.10. The second kappa shape index (κ2) is 23.4. The third-order valence-electron chi connectivity index (χ3n) is 18.5. The molecule has 4 aliphatic rings. The van der Waals surface area contributed by atoms with Crippen LogP contribution in [0.3, 0.4) is 0 Å². The summed E-state index contributed by atoms with van der Waals surface area (Å²) in [6.07, 6.45) is 0. The predicted octanol–water partition coefficient (Wildman–Crippen LogP) is 14.1. The van der Waals surface area contributed by atoms with Crippen molar-refractivity contribution < 1.29 is 76.3 Å². The molecule has 0 aliphatic carbocycles. The van der Waals surface area contributed by atoms with E-state index in [4.69, 9.17) is 37.9 Å². The van der Waals surface area contributed by atoms with Crippen LogP contribution < -0.4 is 57.5 Å². The highest BCUT2D eigenvalue weighted by molar-refractivity contribution is 6.42. The van der Waals surface area contributed by atoms with Gasteiger partial charge in [0.15, 0.2) is 0 Å². The molecule has 20 heteroatoms. The Morgan fingerprint density at radius 1 is 0.204 bits per heavy atom. The SMILES string of the molecule is COc1ccc2c3c(ccc(OC)c13)C(=O)N(c1ccc(-c3ccc(N4C(=O)c5ccc(OC)c6c(OC)ccc(c56)C4=O)cc3)cc1)C2=O.COc1ccc2c3c(ccc(OC)c13)C(=O)N(c1ccc(N3C(=O)c4ccc(OC)c5c(OC)ccc(c45)C3=O)c3ccccc13)C2=O. The average molecular weight is 1300 g/mol. The molecule has 0 bridgehead atoms. The number of ether oxygens (including phenoxy) is 8. The Hall–Kier alpha value is -13.1. The molecule has 8 amide bonds. The number of amides is 8. The molecule has 12 aromatic rings. The van der Waals surface area contributed by atoms with Crippen LogP contribution in [-0.4, -0.2) is 104 Å². The molecule has 4 heterocycles. The highest BCUT2D eigenvalue weighted by atomic mass is 16.5. The molecule has 0 saturated carbocycles. The number of hydrogen-bond donors (Lipinski definition) is 0. The maximum absolute atomic E-state index is 14.2. The molecule has 0 aromatic heterocycles. The van der Waals surface area contributed by atoms with Crippen LogP contribution in [0.25, 0.3) is 65.0 Å². The fourth-order valence-corrected chi connectivity index (χ4v) is 14.0. The lowest BCUT2D eigenvalue weighted by Gasteiger charge is -2.31. The van der Waals surface area contributed by atoms with E-state index in [9.17, 15) is 38.4 Å². The summed E-state index contributed by atoms with van der Waals surface area (Å²) in [7, 11) is 12.2. The van der Waals surface area contributed by atoms with E-state index >= 15 is 0 Å². The largest absolute Gasteiger partial charge is 0.496 e. The second-order valence-corrected chi connectivity index (χ2v) is 23.0. The summed E-state index contributed by atoms with van der Waals surface area (Å²) >= 11 is 0. The van der Waals surface area contributed by atoms with E-state index in [0.717, 1.165) is 20.9 Å². The molecule has 12 aromatic carbocycles. The Balaban J connectivity index is 0.000000160. The van der Waals surface area contributed by atoms with E-state index in [1.54, 1.807) is 158 Å². The normalized spacial score (nSPS) is 13.8. The molecule has 4 aliphatic heterocycles. The lowest BCUT2D eigenvalue weighted by Crippen LogP contribution is -2.41. The van der Waals surface area contributed by atoms with Crippen LogP contribution in [0, 0.1) is 0 Å². The second-order valence-electron chi connectivity index (χ2n) is 23.0. The van der Waals surface area contributed by atoms with Gasteiger partial charge >= 0.3 is 0 Å².